The van der Waals surface area contributed by atoms with Crippen LogP contribution in [-0.4, -0.2) is 47.2 Å². The van der Waals surface area contributed by atoms with E-state index in [0.717, 1.165) is 5.56 Å². The number of aliphatic carboxylic acids is 1. The smallest absolute Gasteiger partial charge is 0.329 e. The molecule has 0 bridgehead atoms. The first-order valence-electron chi connectivity index (χ1n) is 6.86. The fourth-order valence-corrected chi connectivity index (χ4v) is 3.14. The quantitative estimate of drug-likeness (QED) is 0.884. The first-order chi connectivity index (χ1) is 9.65. The highest BCUT2D eigenvalue weighted by atomic mass is 16.5. The Kier molecular flexibility index (Phi) is 3.22. The number of benzene rings is 1. The van der Waals surface area contributed by atoms with Gasteiger partial charge in [-0.15, -0.1) is 0 Å². The van der Waals surface area contributed by atoms with Gasteiger partial charge in [0.2, 0.25) is 0 Å². The van der Waals surface area contributed by atoms with Gasteiger partial charge in [0.25, 0.3) is 5.91 Å². The zero-order valence-electron chi connectivity index (χ0n) is 11.2. The lowest BCUT2D eigenvalue weighted by molar-refractivity contribution is -0.156. The Bertz CT molecular complexity index is 549. The fraction of sp³-hybridized carbons (Fsp3) is 0.467. The maximum atomic E-state index is 12.6. The third kappa shape index (κ3) is 1.89. The lowest BCUT2D eigenvalue weighted by atomic mass is 9.85. The average molecular weight is 275 g/mol. The van der Waals surface area contributed by atoms with Crippen molar-refractivity contribution >= 4 is 11.9 Å². The van der Waals surface area contributed by atoms with Crippen LogP contribution in [0.5, 0.6) is 0 Å². The highest BCUT2D eigenvalue weighted by Gasteiger charge is 2.49. The Morgan fingerprint density at radius 3 is 2.65 bits per heavy atom. The third-order valence-corrected chi connectivity index (χ3v) is 4.33. The number of carbonyl (C=O) groups is 2. The fourth-order valence-electron chi connectivity index (χ4n) is 3.14. The normalized spacial score (nSPS) is 21.4. The largest absolute Gasteiger partial charge is 0.479 e. The van der Waals surface area contributed by atoms with Gasteiger partial charge in [-0.25, -0.2) is 4.79 Å². The number of carbonyl (C=O) groups excluding carboxylic acids is 1. The summed E-state index contributed by atoms with van der Waals surface area (Å²) in [5, 5.41) is 9.66. The highest BCUT2D eigenvalue weighted by Crippen LogP contribution is 2.33. The van der Waals surface area contributed by atoms with Crippen LogP contribution in [0.3, 0.4) is 0 Å². The van der Waals surface area contributed by atoms with Crippen LogP contribution in [0.4, 0.5) is 0 Å². The predicted molar refractivity (Wildman–Crippen MR) is 71.6 cm³/mol. The molecule has 3 rings (SSSR count). The minimum Gasteiger partial charge on any atom is -0.479 e. The standard InChI is InChI=1S/C15H17NO4/c17-13-12-4-2-1-3-11(12)5-8-16(13)15(14(18)19)6-9-20-10-7-15/h1-4H,5-10H2,(H,18,19). The predicted octanol–water partition coefficient (Wildman–Crippen LogP) is 1.32. The molecule has 2 heterocycles. The molecule has 1 N–H and O–H groups in total. The summed E-state index contributed by atoms with van der Waals surface area (Å²) < 4.78 is 5.27. The number of hydrogen-bond donors (Lipinski definition) is 1. The Hall–Kier alpha value is -1.88. The van der Waals surface area contributed by atoms with Gasteiger partial charge >= 0.3 is 5.97 Å². The van der Waals surface area contributed by atoms with Crippen molar-refractivity contribution in [3.05, 3.63) is 35.4 Å². The first-order valence-corrected chi connectivity index (χ1v) is 6.86. The summed E-state index contributed by atoms with van der Waals surface area (Å²) >= 11 is 0. The summed E-state index contributed by atoms with van der Waals surface area (Å²) in [5.74, 6) is -1.09. The second-order valence-electron chi connectivity index (χ2n) is 5.31. The molecule has 1 aromatic rings. The lowest BCUT2D eigenvalue weighted by Gasteiger charge is -2.44. The van der Waals surface area contributed by atoms with Crippen LogP contribution in [0.2, 0.25) is 0 Å². The summed E-state index contributed by atoms with van der Waals surface area (Å²) in [6.45, 7) is 1.23. The van der Waals surface area contributed by atoms with Crippen molar-refractivity contribution in [1.82, 2.24) is 4.90 Å². The number of nitrogens with zero attached hydrogens (tertiary/aromatic N) is 1. The molecule has 1 saturated heterocycles. The summed E-state index contributed by atoms with van der Waals surface area (Å²) in [5.41, 5.74) is 0.523. The van der Waals surface area contributed by atoms with Crippen molar-refractivity contribution < 1.29 is 19.4 Å². The molecule has 1 aromatic carbocycles. The van der Waals surface area contributed by atoms with Crippen LogP contribution in [0.25, 0.3) is 0 Å². The van der Waals surface area contributed by atoms with Crippen LogP contribution < -0.4 is 0 Å². The van der Waals surface area contributed by atoms with E-state index in [1.165, 1.54) is 0 Å². The van der Waals surface area contributed by atoms with E-state index in [1.54, 1.807) is 11.0 Å². The van der Waals surface area contributed by atoms with E-state index in [-0.39, 0.29) is 5.91 Å². The van der Waals surface area contributed by atoms with Gasteiger partial charge in [0.1, 0.15) is 5.54 Å². The van der Waals surface area contributed by atoms with Crippen LogP contribution in [0.15, 0.2) is 24.3 Å². The number of hydrogen-bond acceptors (Lipinski definition) is 3. The summed E-state index contributed by atoms with van der Waals surface area (Å²) in [6, 6.07) is 7.43. The van der Waals surface area contributed by atoms with Gasteiger partial charge in [0.05, 0.1) is 0 Å². The van der Waals surface area contributed by atoms with Gasteiger partial charge in [-0.05, 0) is 18.1 Å². The maximum Gasteiger partial charge on any atom is 0.329 e. The Balaban J connectivity index is 1.98. The second-order valence-corrected chi connectivity index (χ2v) is 5.31. The average Bonchev–Trinajstić information content (AvgIpc) is 2.48. The molecule has 0 aromatic heterocycles. The van der Waals surface area contributed by atoms with Gasteiger partial charge in [-0.2, -0.15) is 0 Å². The van der Waals surface area contributed by atoms with Crippen molar-refractivity contribution in [3.8, 4) is 0 Å². The highest BCUT2D eigenvalue weighted by molar-refractivity contribution is 6.00. The molecular weight excluding hydrogens is 258 g/mol. The molecule has 2 aliphatic heterocycles. The van der Waals surface area contributed by atoms with E-state index in [1.807, 2.05) is 18.2 Å². The number of fused-ring (bicyclic) bond motifs is 1. The van der Waals surface area contributed by atoms with E-state index in [2.05, 4.69) is 0 Å². The molecule has 106 valence electrons. The molecule has 5 nitrogen and oxygen atoms in total. The molecule has 2 aliphatic rings. The van der Waals surface area contributed by atoms with Crippen LogP contribution in [0.1, 0.15) is 28.8 Å². The van der Waals surface area contributed by atoms with Crippen LogP contribution in [0, 0.1) is 0 Å². The molecule has 0 saturated carbocycles. The minimum atomic E-state index is -1.11. The van der Waals surface area contributed by atoms with Gasteiger partial charge in [0.15, 0.2) is 0 Å². The molecule has 5 heteroatoms. The van der Waals surface area contributed by atoms with E-state index >= 15 is 0 Å². The van der Waals surface area contributed by atoms with Crippen LogP contribution in [-0.2, 0) is 16.0 Å². The Morgan fingerprint density at radius 1 is 1.25 bits per heavy atom. The number of rotatable bonds is 2. The molecule has 0 spiro atoms. The number of amides is 1. The van der Waals surface area contributed by atoms with Gasteiger partial charge in [-0.1, -0.05) is 18.2 Å². The zero-order valence-corrected chi connectivity index (χ0v) is 11.2. The van der Waals surface area contributed by atoms with E-state index in [0.29, 0.717) is 44.6 Å². The number of carboxylic acids is 1. The van der Waals surface area contributed by atoms with E-state index in [4.69, 9.17) is 4.74 Å². The Morgan fingerprint density at radius 2 is 1.95 bits per heavy atom. The van der Waals surface area contributed by atoms with Crippen molar-refractivity contribution in [2.24, 2.45) is 0 Å². The maximum absolute atomic E-state index is 12.6. The number of ether oxygens (including phenoxy) is 1. The van der Waals surface area contributed by atoms with Gasteiger partial charge < -0.3 is 14.7 Å². The number of carboxylic acid groups (broad SMARTS) is 1. The molecule has 0 aliphatic carbocycles. The zero-order chi connectivity index (χ0) is 14.2. The summed E-state index contributed by atoms with van der Waals surface area (Å²) in [6.07, 6.45) is 1.42. The van der Waals surface area contributed by atoms with Gasteiger partial charge in [0, 0.05) is 38.2 Å². The topological polar surface area (TPSA) is 66.8 Å². The Labute approximate surface area is 117 Å². The SMILES string of the molecule is O=C1c2ccccc2CCN1C1(C(=O)O)CCOCC1. The summed E-state index contributed by atoms with van der Waals surface area (Å²) in [4.78, 5) is 26.0. The molecule has 0 atom stereocenters. The van der Waals surface area contributed by atoms with Gasteiger partial charge in [-0.3, -0.25) is 4.79 Å². The van der Waals surface area contributed by atoms with Crippen molar-refractivity contribution in [2.45, 2.75) is 24.8 Å². The first kappa shape index (κ1) is 13.1. The monoisotopic (exact) mass is 275 g/mol. The minimum absolute atomic E-state index is 0.170. The van der Waals surface area contributed by atoms with E-state index < -0.39 is 11.5 Å². The molecular formula is C15H17NO4. The third-order valence-electron chi connectivity index (χ3n) is 4.33. The van der Waals surface area contributed by atoms with Crippen LogP contribution >= 0.6 is 0 Å². The second kappa shape index (κ2) is 4.90. The van der Waals surface area contributed by atoms with Crippen molar-refractivity contribution in [3.63, 3.8) is 0 Å². The lowest BCUT2D eigenvalue weighted by Crippen LogP contribution is -2.61. The van der Waals surface area contributed by atoms with Crippen molar-refractivity contribution in [1.29, 1.82) is 0 Å². The molecule has 0 unspecified atom stereocenters. The molecule has 20 heavy (non-hydrogen) atoms. The molecule has 0 radical (unpaired) electrons. The summed E-state index contributed by atoms with van der Waals surface area (Å²) in [7, 11) is 0. The molecule has 1 fully saturated rings. The van der Waals surface area contributed by atoms with E-state index in [9.17, 15) is 14.7 Å². The van der Waals surface area contributed by atoms with Crippen molar-refractivity contribution in [2.75, 3.05) is 19.8 Å². The molecule has 1 amide bonds.